The van der Waals surface area contributed by atoms with Crippen molar-refractivity contribution in [1.82, 2.24) is 4.98 Å². The molecule has 1 aromatic heterocycles. The van der Waals surface area contributed by atoms with Crippen LogP contribution in [0.5, 0.6) is 0 Å². The van der Waals surface area contributed by atoms with Gasteiger partial charge in [-0.3, -0.25) is 0 Å². The molecule has 0 bridgehead atoms. The Morgan fingerprint density at radius 2 is 2.24 bits per heavy atom. The number of nitrogens with zero attached hydrogens (tertiary/aromatic N) is 1. The summed E-state index contributed by atoms with van der Waals surface area (Å²) in [5.74, 6) is 0.0299. The van der Waals surface area contributed by atoms with Crippen LogP contribution in [0.15, 0.2) is 0 Å². The number of aromatic nitrogens is 1. The molecule has 94 valence electrons. The molecule has 2 rings (SSSR count). The van der Waals surface area contributed by atoms with E-state index in [0.717, 1.165) is 17.8 Å². The standard InChI is InChI=1S/C12H18N2O2S/c1-6(2)5-8-10(12(15)16)17-11(14-8)9(13)7-3-4-7/h6-7,9H,3-5,13H2,1-2H3,(H,15,16). The number of carboxylic acids is 1. The molecule has 17 heavy (non-hydrogen) atoms. The Balaban J connectivity index is 2.26. The summed E-state index contributed by atoms with van der Waals surface area (Å²) in [5, 5.41) is 9.95. The summed E-state index contributed by atoms with van der Waals surface area (Å²) in [5.41, 5.74) is 6.77. The van der Waals surface area contributed by atoms with Crippen LogP contribution < -0.4 is 5.73 Å². The van der Waals surface area contributed by atoms with Crippen molar-refractivity contribution in [3.63, 3.8) is 0 Å². The Hall–Kier alpha value is -0.940. The van der Waals surface area contributed by atoms with Gasteiger partial charge in [0.2, 0.25) is 0 Å². The molecule has 0 spiro atoms. The first kappa shape index (κ1) is 12.5. The molecule has 1 fully saturated rings. The second kappa shape index (κ2) is 4.74. The largest absolute Gasteiger partial charge is 0.477 e. The van der Waals surface area contributed by atoms with Crippen LogP contribution in [0.4, 0.5) is 0 Å². The normalized spacial score (nSPS) is 17.4. The molecular formula is C12H18N2O2S. The molecule has 1 atom stereocenters. The monoisotopic (exact) mass is 254 g/mol. The Bertz CT molecular complexity index is 424. The molecule has 0 radical (unpaired) electrons. The number of carbonyl (C=O) groups is 1. The van der Waals surface area contributed by atoms with Crippen molar-refractivity contribution in [2.24, 2.45) is 17.6 Å². The molecule has 1 aromatic rings. The highest BCUT2D eigenvalue weighted by Gasteiger charge is 2.32. The van der Waals surface area contributed by atoms with Crippen molar-refractivity contribution in [1.29, 1.82) is 0 Å². The number of thiazole rings is 1. The molecule has 1 aliphatic carbocycles. The molecule has 1 unspecified atom stereocenters. The van der Waals surface area contributed by atoms with Gasteiger partial charge in [-0.15, -0.1) is 11.3 Å². The van der Waals surface area contributed by atoms with Crippen molar-refractivity contribution in [3.05, 3.63) is 15.6 Å². The zero-order valence-electron chi connectivity index (χ0n) is 10.1. The van der Waals surface area contributed by atoms with E-state index < -0.39 is 5.97 Å². The minimum Gasteiger partial charge on any atom is -0.477 e. The van der Waals surface area contributed by atoms with Crippen LogP contribution in [0.2, 0.25) is 0 Å². The predicted octanol–water partition coefficient (Wildman–Crippen LogP) is 2.45. The van der Waals surface area contributed by atoms with Gasteiger partial charge in [0.1, 0.15) is 9.88 Å². The number of hydrogen-bond acceptors (Lipinski definition) is 4. The van der Waals surface area contributed by atoms with Gasteiger partial charge >= 0.3 is 5.97 Å². The summed E-state index contributed by atoms with van der Waals surface area (Å²) < 4.78 is 0. The zero-order valence-corrected chi connectivity index (χ0v) is 11.0. The van der Waals surface area contributed by atoms with Crippen LogP contribution in [0, 0.1) is 11.8 Å². The third-order valence-corrected chi connectivity index (χ3v) is 4.11. The predicted molar refractivity (Wildman–Crippen MR) is 67.3 cm³/mol. The van der Waals surface area contributed by atoms with E-state index in [2.05, 4.69) is 18.8 Å². The minimum atomic E-state index is -0.882. The second-order valence-electron chi connectivity index (χ2n) is 5.09. The van der Waals surface area contributed by atoms with Crippen molar-refractivity contribution in [2.45, 2.75) is 39.2 Å². The van der Waals surface area contributed by atoms with Gasteiger partial charge in [0.15, 0.2) is 0 Å². The number of hydrogen-bond donors (Lipinski definition) is 2. The first-order valence-electron chi connectivity index (χ1n) is 5.97. The highest BCUT2D eigenvalue weighted by atomic mass is 32.1. The molecule has 1 aliphatic rings. The zero-order chi connectivity index (χ0) is 12.6. The molecular weight excluding hydrogens is 236 g/mol. The van der Waals surface area contributed by atoms with Gasteiger partial charge in [-0.1, -0.05) is 13.8 Å². The van der Waals surface area contributed by atoms with E-state index in [1.165, 1.54) is 11.3 Å². The van der Waals surface area contributed by atoms with Crippen LogP contribution in [-0.4, -0.2) is 16.1 Å². The van der Waals surface area contributed by atoms with Crippen molar-refractivity contribution in [3.8, 4) is 0 Å². The first-order valence-corrected chi connectivity index (χ1v) is 6.79. The smallest absolute Gasteiger partial charge is 0.347 e. The van der Waals surface area contributed by atoms with E-state index in [4.69, 9.17) is 10.8 Å². The molecule has 0 aliphatic heterocycles. The van der Waals surface area contributed by atoms with Gasteiger partial charge in [-0.05, 0) is 31.1 Å². The topological polar surface area (TPSA) is 76.2 Å². The maximum Gasteiger partial charge on any atom is 0.347 e. The number of nitrogens with two attached hydrogens (primary N) is 1. The second-order valence-corrected chi connectivity index (χ2v) is 6.12. The van der Waals surface area contributed by atoms with Crippen LogP contribution >= 0.6 is 11.3 Å². The fourth-order valence-corrected chi connectivity index (χ4v) is 2.89. The summed E-state index contributed by atoms with van der Waals surface area (Å²) in [7, 11) is 0. The third kappa shape index (κ3) is 2.84. The lowest BCUT2D eigenvalue weighted by molar-refractivity contribution is 0.0700. The van der Waals surface area contributed by atoms with Crippen molar-refractivity contribution < 1.29 is 9.90 Å². The summed E-state index contributed by atoms with van der Waals surface area (Å²) in [4.78, 5) is 16.0. The fraction of sp³-hybridized carbons (Fsp3) is 0.667. The van der Waals surface area contributed by atoms with Crippen LogP contribution in [-0.2, 0) is 6.42 Å². The summed E-state index contributed by atoms with van der Waals surface area (Å²) in [6, 6.07) is -0.0704. The summed E-state index contributed by atoms with van der Waals surface area (Å²) in [6.07, 6.45) is 2.99. The summed E-state index contributed by atoms with van der Waals surface area (Å²) >= 11 is 1.25. The Labute approximate surface area is 105 Å². The van der Waals surface area contributed by atoms with E-state index in [-0.39, 0.29) is 6.04 Å². The van der Waals surface area contributed by atoms with E-state index in [1.54, 1.807) is 0 Å². The van der Waals surface area contributed by atoms with Crippen molar-refractivity contribution >= 4 is 17.3 Å². The molecule has 0 saturated heterocycles. The van der Waals surface area contributed by atoms with Crippen LogP contribution in [0.3, 0.4) is 0 Å². The Kier molecular flexibility index (Phi) is 3.49. The lowest BCUT2D eigenvalue weighted by Crippen LogP contribution is -2.12. The average molecular weight is 254 g/mol. The molecule has 5 heteroatoms. The summed E-state index contributed by atoms with van der Waals surface area (Å²) in [6.45, 7) is 4.12. The molecule has 4 nitrogen and oxygen atoms in total. The van der Waals surface area contributed by atoms with E-state index in [0.29, 0.717) is 28.8 Å². The molecule has 1 saturated carbocycles. The van der Waals surface area contributed by atoms with E-state index in [1.807, 2.05) is 0 Å². The lowest BCUT2D eigenvalue weighted by Gasteiger charge is -2.05. The highest BCUT2D eigenvalue weighted by molar-refractivity contribution is 7.13. The maximum atomic E-state index is 11.2. The SMILES string of the molecule is CC(C)Cc1nc(C(N)C2CC2)sc1C(=O)O. The Morgan fingerprint density at radius 1 is 1.59 bits per heavy atom. The van der Waals surface area contributed by atoms with Gasteiger partial charge in [0.05, 0.1) is 11.7 Å². The Morgan fingerprint density at radius 3 is 2.71 bits per heavy atom. The quantitative estimate of drug-likeness (QED) is 0.846. The van der Waals surface area contributed by atoms with E-state index in [9.17, 15) is 4.79 Å². The van der Waals surface area contributed by atoms with Crippen LogP contribution in [0.25, 0.3) is 0 Å². The van der Waals surface area contributed by atoms with Gasteiger partial charge in [-0.2, -0.15) is 0 Å². The number of carboxylic acid groups (broad SMARTS) is 1. The lowest BCUT2D eigenvalue weighted by atomic mass is 10.1. The number of rotatable bonds is 5. The maximum absolute atomic E-state index is 11.2. The van der Waals surface area contributed by atoms with Gasteiger partial charge in [0.25, 0.3) is 0 Å². The molecule has 0 amide bonds. The number of aromatic carboxylic acids is 1. The first-order chi connectivity index (χ1) is 7.99. The van der Waals surface area contributed by atoms with E-state index >= 15 is 0 Å². The highest BCUT2D eigenvalue weighted by Crippen LogP contribution is 2.41. The van der Waals surface area contributed by atoms with Crippen molar-refractivity contribution in [2.75, 3.05) is 0 Å². The minimum absolute atomic E-state index is 0.0704. The molecule has 1 heterocycles. The molecule has 0 aromatic carbocycles. The van der Waals surface area contributed by atoms with Gasteiger partial charge in [-0.25, -0.2) is 9.78 Å². The average Bonchev–Trinajstić information content (AvgIpc) is 2.98. The van der Waals surface area contributed by atoms with Gasteiger partial charge in [0, 0.05) is 0 Å². The third-order valence-electron chi connectivity index (χ3n) is 2.92. The molecule has 3 N–H and O–H groups in total. The van der Waals surface area contributed by atoms with Gasteiger partial charge < -0.3 is 10.8 Å². The van der Waals surface area contributed by atoms with Crippen LogP contribution in [0.1, 0.15) is 53.1 Å². The fourth-order valence-electron chi connectivity index (χ4n) is 1.86.